The van der Waals surface area contributed by atoms with Gasteiger partial charge in [0.25, 0.3) is 0 Å². The van der Waals surface area contributed by atoms with Crippen LogP contribution in [0.25, 0.3) is 0 Å². The second kappa shape index (κ2) is 4.53. The molecule has 0 aliphatic carbocycles. The Bertz CT molecular complexity index is 376. The van der Waals surface area contributed by atoms with E-state index in [0.717, 1.165) is 13.1 Å². The number of anilines is 1. The van der Waals surface area contributed by atoms with Crippen molar-refractivity contribution in [1.29, 1.82) is 0 Å². The molecule has 1 heterocycles. The van der Waals surface area contributed by atoms with Crippen LogP contribution in [-0.4, -0.2) is 24.7 Å². The molecule has 0 spiro atoms. The van der Waals surface area contributed by atoms with Gasteiger partial charge in [-0.15, -0.1) is 0 Å². The van der Waals surface area contributed by atoms with Crippen LogP contribution in [0, 0.1) is 3.57 Å². The summed E-state index contributed by atoms with van der Waals surface area (Å²) in [6.45, 7) is 8.93. The molecular weight excluding hydrogens is 311 g/mol. The lowest BCUT2D eigenvalue weighted by molar-refractivity contribution is 0.318. The number of hydrogen-bond donors (Lipinski definition) is 1. The Kier molecular flexibility index (Phi) is 3.45. The number of halogens is 1. The normalized spacial score (nSPS) is 24.5. The standard InChI is InChI=1S/C13H19IN2/c1-10-8-15-13(2,3)9-16(10)12-6-4-5-11(14)7-12/h4-7,10,15H,8-9H2,1-3H3. The van der Waals surface area contributed by atoms with E-state index in [1.165, 1.54) is 9.26 Å². The van der Waals surface area contributed by atoms with Gasteiger partial charge < -0.3 is 10.2 Å². The minimum atomic E-state index is 0.202. The molecule has 88 valence electrons. The quantitative estimate of drug-likeness (QED) is 0.797. The van der Waals surface area contributed by atoms with E-state index in [0.29, 0.717) is 6.04 Å². The molecule has 0 aromatic heterocycles. The molecule has 16 heavy (non-hydrogen) atoms. The average molecular weight is 330 g/mol. The van der Waals surface area contributed by atoms with Gasteiger partial charge in [-0.05, 0) is 61.6 Å². The van der Waals surface area contributed by atoms with Crippen LogP contribution in [0.15, 0.2) is 24.3 Å². The van der Waals surface area contributed by atoms with E-state index in [4.69, 9.17) is 0 Å². The molecule has 1 saturated heterocycles. The van der Waals surface area contributed by atoms with E-state index in [1.807, 2.05) is 0 Å². The third-order valence-corrected chi connectivity index (χ3v) is 3.78. The number of nitrogens with one attached hydrogen (secondary N) is 1. The van der Waals surface area contributed by atoms with Crippen molar-refractivity contribution < 1.29 is 0 Å². The van der Waals surface area contributed by atoms with Crippen LogP contribution in [-0.2, 0) is 0 Å². The van der Waals surface area contributed by atoms with Gasteiger partial charge in [0.2, 0.25) is 0 Å². The lowest BCUT2D eigenvalue weighted by Crippen LogP contribution is -2.61. The molecule has 1 N–H and O–H groups in total. The fourth-order valence-corrected chi connectivity index (χ4v) is 2.70. The Labute approximate surface area is 112 Å². The molecule has 3 heteroatoms. The van der Waals surface area contributed by atoms with Gasteiger partial charge in [-0.1, -0.05) is 6.07 Å². The van der Waals surface area contributed by atoms with Crippen LogP contribution in [0.4, 0.5) is 5.69 Å². The highest BCUT2D eigenvalue weighted by atomic mass is 127. The Morgan fingerprint density at radius 2 is 2.19 bits per heavy atom. The Morgan fingerprint density at radius 1 is 1.44 bits per heavy atom. The molecule has 1 aliphatic heterocycles. The van der Waals surface area contributed by atoms with Crippen molar-refractivity contribution in [1.82, 2.24) is 5.32 Å². The van der Waals surface area contributed by atoms with Gasteiger partial charge in [0.05, 0.1) is 0 Å². The van der Waals surface area contributed by atoms with E-state index in [-0.39, 0.29) is 5.54 Å². The van der Waals surface area contributed by atoms with E-state index in [1.54, 1.807) is 0 Å². The molecule has 1 fully saturated rings. The fourth-order valence-electron chi connectivity index (χ4n) is 2.17. The second-order valence-corrected chi connectivity index (χ2v) is 6.47. The first-order valence-electron chi connectivity index (χ1n) is 5.75. The monoisotopic (exact) mass is 330 g/mol. The van der Waals surface area contributed by atoms with E-state index in [9.17, 15) is 0 Å². The van der Waals surface area contributed by atoms with Crippen LogP contribution >= 0.6 is 22.6 Å². The minimum Gasteiger partial charge on any atom is -0.366 e. The maximum absolute atomic E-state index is 3.58. The summed E-state index contributed by atoms with van der Waals surface area (Å²) in [7, 11) is 0. The summed E-state index contributed by atoms with van der Waals surface area (Å²) in [5.74, 6) is 0. The molecule has 2 rings (SSSR count). The molecule has 0 bridgehead atoms. The smallest absolute Gasteiger partial charge is 0.0387 e. The molecule has 1 aromatic rings. The van der Waals surface area contributed by atoms with E-state index in [2.05, 4.69) is 77.8 Å². The Morgan fingerprint density at radius 3 is 2.88 bits per heavy atom. The highest BCUT2D eigenvalue weighted by Gasteiger charge is 2.30. The van der Waals surface area contributed by atoms with Crippen LogP contribution in [0.2, 0.25) is 0 Å². The summed E-state index contributed by atoms with van der Waals surface area (Å²) in [5, 5.41) is 3.58. The first-order chi connectivity index (χ1) is 7.48. The summed E-state index contributed by atoms with van der Waals surface area (Å²) in [6, 6.07) is 9.31. The fraction of sp³-hybridized carbons (Fsp3) is 0.538. The molecule has 1 unspecified atom stereocenters. The average Bonchev–Trinajstić information content (AvgIpc) is 2.22. The van der Waals surface area contributed by atoms with Crippen molar-refractivity contribution in [3.05, 3.63) is 27.8 Å². The molecule has 1 aromatic carbocycles. The van der Waals surface area contributed by atoms with Gasteiger partial charge in [-0.3, -0.25) is 0 Å². The van der Waals surface area contributed by atoms with Gasteiger partial charge in [0, 0.05) is 33.9 Å². The topological polar surface area (TPSA) is 15.3 Å². The molecule has 0 saturated carbocycles. The SMILES string of the molecule is CC1CNC(C)(C)CN1c1cccc(I)c1. The van der Waals surface area contributed by atoms with Crippen molar-refractivity contribution >= 4 is 28.3 Å². The largest absolute Gasteiger partial charge is 0.366 e. The van der Waals surface area contributed by atoms with E-state index < -0.39 is 0 Å². The summed E-state index contributed by atoms with van der Waals surface area (Å²) in [5.41, 5.74) is 1.54. The van der Waals surface area contributed by atoms with Gasteiger partial charge in [0.15, 0.2) is 0 Å². The molecular formula is C13H19IN2. The molecule has 0 radical (unpaired) electrons. The Hall–Kier alpha value is -0.290. The van der Waals surface area contributed by atoms with Crippen LogP contribution in [0.5, 0.6) is 0 Å². The predicted octanol–water partition coefficient (Wildman–Crippen LogP) is 2.87. The zero-order valence-electron chi connectivity index (χ0n) is 10.1. The molecule has 2 nitrogen and oxygen atoms in total. The van der Waals surface area contributed by atoms with Crippen molar-refractivity contribution in [3.8, 4) is 0 Å². The maximum atomic E-state index is 3.58. The summed E-state index contributed by atoms with van der Waals surface area (Å²) in [6.07, 6.45) is 0. The maximum Gasteiger partial charge on any atom is 0.0387 e. The third-order valence-electron chi connectivity index (χ3n) is 3.11. The van der Waals surface area contributed by atoms with Crippen molar-refractivity contribution in [2.24, 2.45) is 0 Å². The lowest BCUT2D eigenvalue weighted by atomic mass is 9.98. The van der Waals surface area contributed by atoms with Crippen molar-refractivity contribution in [2.75, 3.05) is 18.0 Å². The Balaban J connectivity index is 2.25. The number of benzene rings is 1. The summed E-state index contributed by atoms with van der Waals surface area (Å²) < 4.78 is 1.30. The first-order valence-corrected chi connectivity index (χ1v) is 6.83. The first kappa shape index (κ1) is 12.2. The highest BCUT2D eigenvalue weighted by Crippen LogP contribution is 2.24. The summed E-state index contributed by atoms with van der Waals surface area (Å²) in [4.78, 5) is 2.50. The zero-order chi connectivity index (χ0) is 11.8. The molecule has 1 atom stereocenters. The number of piperazine rings is 1. The van der Waals surface area contributed by atoms with Crippen molar-refractivity contribution in [2.45, 2.75) is 32.4 Å². The van der Waals surface area contributed by atoms with Crippen LogP contribution in [0.1, 0.15) is 20.8 Å². The highest BCUT2D eigenvalue weighted by molar-refractivity contribution is 14.1. The zero-order valence-corrected chi connectivity index (χ0v) is 12.3. The van der Waals surface area contributed by atoms with Gasteiger partial charge in [-0.25, -0.2) is 0 Å². The van der Waals surface area contributed by atoms with E-state index >= 15 is 0 Å². The number of rotatable bonds is 1. The minimum absolute atomic E-state index is 0.202. The third kappa shape index (κ3) is 2.69. The second-order valence-electron chi connectivity index (χ2n) is 5.22. The van der Waals surface area contributed by atoms with Crippen LogP contribution < -0.4 is 10.2 Å². The van der Waals surface area contributed by atoms with Gasteiger partial charge in [-0.2, -0.15) is 0 Å². The van der Waals surface area contributed by atoms with Crippen LogP contribution in [0.3, 0.4) is 0 Å². The molecule has 1 aliphatic rings. The lowest BCUT2D eigenvalue weighted by Gasteiger charge is -2.44. The van der Waals surface area contributed by atoms with Gasteiger partial charge >= 0.3 is 0 Å². The van der Waals surface area contributed by atoms with Gasteiger partial charge in [0.1, 0.15) is 0 Å². The van der Waals surface area contributed by atoms with Crippen molar-refractivity contribution in [3.63, 3.8) is 0 Å². The number of nitrogens with zero attached hydrogens (tertiary/aromatic N) is 1. The predicted molar refractivity (Wildman–Crippen MR) is 78.0 cm³/mol. The molecule has 0 amide bonds. The number of hydrogen-bond acceptors (Lipinski definition) is 2. The summed E-state index contributed by atoms with van der Waals surface area (Å²) >= 11 is 2.38.